The zero-order chi connectivity index (χ0) is 31.8. The Labute approximate surface area is 275 Å². The highest BCUT2D eigenvalue weighted by molar-refractivity contribution is 5.69. The maximum absolute atomic E-state index is 12.6. The third-order valence-corrected chi connectivity index (χ3v) is 14.7. The van der Waals surface area contributed by atoms with Gasteiger partial charge in [-0.05, 0) is 159 Å². The molecule has 46 heavy (non-hydrogen) atoms. The Hall–Kier alpha value is -2.53. The smallest absolute Gasteiger partial charge is 0.306 e. The maximum Gasteiger partial charge on any atom is 0.306 e. The molecule has 10 atom stereocenters. The number of fused-ring (bicyclic) bond motifs is 10. The van der Waals surface area contributed by atoms with E-state index in [-0.39, 0.29) is 22.9 Å². The molecular weight excluding hydrogens is 572 g/mol. The minimum absolute atomic E-state index is 0.000250. The number of benzene rings is 2. The molecule has 4 saturated carbocycles. The summed E-state index contributed by atoms with van der Waals surface area (Å²) in [6.45, 7) is 6.83. The molecule has 2 N–H and O–H groups in total. The van der Waals surface area contributed by atoms with Crippen LogP contribution >= 0.6 is 0 Å². The van der Waals surface area contributed by atoms with E-state index < -0.39 is 5.79 Å². The largest absolute Gasteiger partial charge is 0.508 e. The zero-order valence-electron chi connectivity index (χ0n) is 28.2. The topological polar surface area (TPSA) is 76.0 Å². The van der Waals surface area contributed by atoms with Gasteiger partial charge in [0.25, 0.3) is 0 Å². The second-order valence-corrected chi connectivity index (χ2v) is 16.7. The van der Waals surface area contributed by atoms with E-state index in [9.17, 15) is 15.0 Å². The van der Waals surface area contributed by atoms with E-state index in [2.05, 4.69) is 45.0 Å². The van der Waals surface area contributed by atoms with Gasteiger partial charge in [0.1, 0.15) is 17.6 Å². The van der Waals surface area contributed by atoms with Crippen molar-refractivity contribution >= 4 is 5.97 Å². The van der Waals surface area contributed by atoms with Crippen molar-refractivity contribution in [1.29, 1.82) is 0 Å². The van der Waals surface area contributed by atoms with Gasteiger partial charge in [0.05, 0.1) is 0 Å². The Balaban J connectivity index is 0.970. The lowest BCUT2D eigenvalue weighted by atomic mass is 9.55. The van der Waals surface area contributed by atoms with E-state index in [1.54, 1.807) is 0 Å². The van der Waals surface area contributed by atoms with Crippen LogP contribution in [0.2, 0.25) is 0 Å². The van der Waals surface area contributed by atoms with Gasteiger partial charge in [-0.15, -0.1) is 0 Å². The van der Waals surface area contributed by atoms with Crippen molar-refractivity contribution in [2.75, 3.05) is 0 Å². The van der Waals surface area contributed by atoms with E-state index in [1.807, 2.05) is 12.1 Å². The first-order valence-electron chi connectivity index (χ1n) is 18.7. The van der Waals surface area contributed by atoms with Gasteiger partial charge in [-0.1, -0.05) is 39.3 Å². The molecule has 5 heteroatoms. The fourth-order valence-corrected chi connectivity index (χ4v) is 12.2. The maximum atomic E-state index is 12.6. The average molecular weight is 627 g/mol. The molecule has 4 fully saturated rings. The quantitative estimate of drug-likeness (QED) is 0.247. The van der Waals surface area contributed by atoms with Crippen LogP contribution in [0.1, 0.15) is 138 Å². The van der Waals surface area contributed by atoms with Crippen molar-refractivity contribution in [3.8, 4) is 11.5 Å². The molecule has 2 aromatic rings. The van der Waals surface area contributed by atoms with Gasteiger partial charge in [0.15, 0.2) is 0 Å². The van der Waals surface area contributed by atoms with Gasteiger partial charge < -0.3 is 19.7 Å². The van der Waals surface area contributed by atoms with Crippen molar-refractivity contribution in [2.45, 2.75) is 141 Å². The van der Waals surface area contributed by atoms with E-state index in [4.69, 9.17) is 9.47 Å². The number of hydrogen-bond acceptors (Lipinski definition) is 5. The first-order valence-corrected chi connectivity index (χ1v) is 18.7. The predicted octanol–water partition coefficient (Wildman–Crippen LogP) is 8.97. The van der Waals surface area contributed by atoms with E-state index in [0.29, 0.717) is 54.1 Å². The standard InChI is InChI=1S/C41H54O5/c1-4-5-6-38(43)45-37-16-15-35-33-11-8-26-24-28(10-14-30(26)31(33)17-20-39(35,37)2)46-41(44)22-19-36-34-12-7-25-23-27(42)9-13-29(25)32(34)18-21-40(36,41)3/h9-10,13-14,23-24,31-37,42,44H,4-8,11-12,15-22H2,1-3H3/t31?,32-,33?,34-,35?,36+,37+,39+,40+,41-/m1/s1. The molecule has 5 nitrogen and oxygen atoms in total. The number of unbranched alkanes of at least 4 members (excludes halogenated alkanes) is 1. The second kappa shape index (κ2) is 11.3. The van der Waals surface area contributed by atoms with E-state index in [1.165, 1.54) is 35.1 Å². The van der Waals surface area contributed by atoms with Gasteiger partial charge in [0, 0.05) is 23.7 Å². The molecule has 6 aliphatic rings. The average Bonchev–Trinajstić information content (AvgIpc) is 3.51. The highest BCUT2D eigenvalue weighted by Gasteiger charge is 2.63. The Bertz CT molecular complexity index is 1500. The normalized spacial score (nSPS) is 40.5. The van der Waals surface area contributed by atoms with Crippen LogP contribution in [0, 0.1) is 34.5 Å². The lowest BCUT2D eigenvalue weighted by Gasteiger charge is -2.52. The molecular formula is C41H54O5. The number of phenols is 1. The first kappa shape index (κ1) is 30.8. The lowest BCUT2D eigenvalue weighted by Crippen LogP contribution is -2.53. The molecule has 0 aliphatic heterocycles. The Morgan fingerprint density at radius 1 is 0.826 bits per heavy atom. The van der Waals surface area contributed by atoms with Crippen LogP contribution in [-0.4, -0.2) is 28.1 Å². The SMILES string of the molecule is CCCCC(=O)O[C@H]1CCC2C3CCc4cc(O[C@]5(O)CC[C@H]6[C@@H]7CCc8cc(O)ccc8[C@H]7CC[C@@]65C)ccc4C3CC[C@@]21C. The monoisotopic (exact) mass is 626 g/mol. The van der Waals surface area contributed by atoms with Crippen LogP contribution in [0.5, 0.6) is 11.5 Å². The number of ether oxygens (including phenoxy) is 2. The number of carbonyl (C=O) groups excluding carboxylic acids is 1. The van der Waals surface area contributed by atoms with Crippen LogP contribution in [-0.2, 0) is 22.4 Å². The fourth-order valence-electron chi connectivity index (χ4n) is 12.2. The Kier molecular flexibility index (Phi) is 7.55. The zero-order valence-corrected chi connectivity index (χ0v) is 28.2. The summed E-state index contributed by atoms with van der Waals surface area (Å²) in [7, 11) is 0. The third-order valence-electron chi connectivity index (χ3n) is 14.7. The van der Waals surface area contributed by atoms with Crippen molar-refractivity contribution in [3.05, 3.63) is 58.7 Å². The van der Waals surface area contributed by atoms with Crippen molar-refractivity contribution < 1.29 is 24.5 Å². The summed E-state index contributed by atoms with van der Waals surface area (Å²) in [6.07, 6.45) is 15.1. The van der Waals surface area contributed by atoms with Crippen LogP contribution in [0.25, 0.3) is 0 Å². The number of aromatic hydroxyl groups is 1. The molecule has 2 aromatic carbocycles. The number of carbonyl (C=O) groups is 1. The van der Waals surface area contributed by atoms with Gasteiger partial charge in [0.2, 0.25) is 5.79 Å². The summed E-state index contributed by atoms with van der Waals surface area (Å²) < 4.78 is 12.9. The number of aliphatic hydroxyl groups is 1. The summed E-state index contributed by atoms with van der Waals surface area (Å²) in [5, 5.41) is 22.3. The molecule has 3 unspecified atom stereocenters. The first-order chi connectivity index (χ1) is 22.1. The summed E-state index contributed by atoms with van der Waals surface area (Å²) in [4.78, 5) is 12.6. The van der Waals surface area contributed by atoms with Crippen LogP contribution in [0.15, 0.2) is 36.4 Å². The number of esters is 1. The summed E-state index contributed by atoms with van der Waals surface area (Å²) in [5.74, 6) is 3.39. The minimum atomic E-state index is -1.15. The highest BCUT2D eigenvalue weighted by Crippen LogP contribution is 2.65. The summed E-state index contributed by atoms with van der Waals surface area (Å²) >= 11 is 0. The van der Waals surface area contributed by atoms with Gasteiger partial charge >= 0.3 is 5.97 Å². The molecule has 0 radical (unpaired) electrons. The molecule has 0 saturated heterocycles. The molecule has 0 bridgehead atoms. The van der Waals surface area contributed by atoms with Gasteiger partial charge in [-0.2, -0.15) is 0 Å². The van der Waals surface area contributed by atoms with Crippen molar-refractivity contribution in [3.63, 3.8) is 0 Å². The van der Waals surface area contributed by atoms with E-state index in [0.717, 1.165) is 76.4 Å². The Morgan fingerprint density at radius 3 is 2.28 bits per heavy atom. The van der Waals surface area contributed by atoms with Gasteiger partial charge in [-0.25, -0.2) is 0 Å². The van der Waals surface area contributed by atoms with Crippen molar-refractivity contribution in [1.82, 2.24) is 0 Å². The summed E-state index contributed by atoms with van der Waals surface area (Å²) in [5.41, 5.74) is 5.46. The fraction of sp³-hybridized carbons (Fsp3) is 0.683. The number of rotatable bonds is 6. The van der Waals surface area contributed by atoms with Crippen LogP contribution in [0.3, 0.4) is 0 Å². The number of aryl methyl sites for hydroxylation is 2. The number of phenolic OH excluding ortho intramolecular Hbond substituents is 1. The Morgan fingerprint density at radius 2 is 1.52 bits per heavy atom. The van der Waals surface area contributed by atoms with Crippen LogP contribution < -0.4 is 4.74 Å². The van der Waals surface area contributed by atoms with Gasteiger partial charge in [-0.3, -0.25) is 4.79 Å². The molecule has 0 heterocycles. The number of hydrogen-bond donors (Lipinski definition) is 2. The lowest BCUT2D eigenvalue weighted by molar-refractivity contribution is -0.223. The summed E-state index contributed by atoms with van der Waals surface area (Å²) in [6, 6.07) is 12.7. The second-order valence-electron chi connectivity index (χ2n) is 16.7. The third kappa shape index (κ3) is 4.68. The molecule has 0 spiro atoms. The molecule has 8 rings (SSSR count). The minimum Gasteiger partial charge on any atom is -0.508 e. The molecule has 0 amide bonds. The molecule has 248 valence electrons. The molecule has 0 aromatic heterocycles. The molecule has 6 aliphatic carbocycles. The van der Waals surface area contributed by atoms with Crippen molar-refractivity contribution in [2.24, 2.45) is 34.5 Å². The van der Waals surface area contributed by atoms with Crippen LogP contribution in [0.4, 0.5) is 0 Å². The van der Waals surface area contributed by atoms with E-state index >= 15 is 0 Å². The highest BCUT2D eigenvalue weighted by atomic mass is 16.6. The predicted molar refractivity (Wildman–Crippen MR) is 179 cm³/mol.